The Labute approximate surface area is 164 Å². The third-order valence-electron chi connectivity index (χ3n) is 4.79. The molecule has 0 unspecified atom stereocenters. The molecule has 0 atom stereocenters. The first kappa shape index (κ1) is 18.9. The monoisotopic (exact) mass is 414 g/mol. The van der Waals surface area contributed by atoms with Crippen molar-refractivity contribution in [1.29, 1.82) is 0 Å². The third kappa shape index (κ3) is 3.15. The van der Waals surface area contributed by atoms with Crippen molar-refractivity contribution in [2.24, 2.45) is 0 Å². The first-order chi connectivity index (χ1) is 13.4. The van der Waals surface area contributed by atoms with Gasteiger partial charge in [0.1, 0.15) is 0 Å². The van der Waals surface area contributed by atoms with Crippen molar-refractivity contribution in [2.75, 3.05) is 13.2 Å². The van der Waals surface area contributed by atoms with Crippen LogP contribution in [0.5, 0.6) is 0 Å². The van der Waals surface area contributed by atoms with E-state index in [0.29, 0.717) is 17.6 Å². The fourth-order valence-electron chi connectivity index (χ4n) is 3.38. The van der Waals surface area contributed by atoms with Crippen molar-refractivity contribution in [3.63, 3.8) is 0 Å². The average Bonchev–Trinajstić information content (AvgIpc) is 3.09. The maximum atomic E-state index is 13.2. The molecule has 28 heavy (non-hydrogen) atoms. The first-order valence-corrected chi connectivity index (χ1v) is 11.7. The van der Waals surface area contributed by atoms with Gasteiger partial charge in [0.25, 0.3) is 0 Å². The molecule has 7 heteroatoms. The van der Waals surface area contributed by atoms with Crippen LogP contribution in [-0.2, 0) is 24.4 Å². The number of ether oxygens (including phenoxy) is 1. The van der Waals surface area contributed by atoms with Crippen LogP contribution in [0.3, 0.4) is 0 Å². The summed E-state index contributed by atoms with van der Waals surface area (Å²) >= 11 is 0. The van der Waals surface area contributed by atoms with Crippen LogP contribution in [0.2, 0.25) is 0 Å². The molecule has 1 aliphatic carbocycles. The molecule has 0 amide bonds. The Morgan fingerprint density at radius 3 is 1.75 bits per heavy atom. The molecule has 0 bridgehead atoms. The Morgan fingerprint density at radius 2 is 1.18 bits per heavy atom. The van der Waals surface area contributed by atoms with Crippen LogP contribution in [0, 0.1) is 0 Å². The minimum Gasteiger partial charge on any atom is -0.371 e. The summed E-state index contributed by atoms with van der Waals surface area (Å²) in [4.78, 5) is 0.550. The molecular formula is C21H18O5S2. The lowest BCUT2D eigenvalue weighted by molar-refractivity contribution is 0.189. The Morgan fingerprint density at radius 1 is 0.679 bits per heavy atom. The van der Waals surface area contributed by atoms with Gasteiger partial charge in [0.2, 0.25) is 19.7 Å². The fourth-order valence-corrected chi connectivity index (χ4v) is 6.45. The molecule has 0 aromatic heterocycles. The molecule has 0 saturated heterocycles. The van der Waals surface area contributed by atoms with E-state index in [0.717, 1.165) is 0 Å². The van der Waals surface area contributed by atoms with Crippen molar-refractivity contribution in [3.05, 3.63) is 93.8 Å². The lowest BCUT2D eigenvalue weighted by Gasteiger charge is -2.12. The molecule has 144 valence electrons. The number of fused-ring (bicyclic) bond motifs is 1. The lowest BCUT2D eigenvalue weighted by atomic mass is 10.1. The zero-order chi connectivity index (χ0) is 19.8. The van der Waals surface area contributed by atoms with E-state index in [-0.39, 0.29) is 32.8 Å². The fraction of sp³-hybridized carbons (Fsp3) is 0.143. The van der Waals surface area contributed by atoms with E-state index in [1.165, 1.54) is 24.3 Å². The topological polar surface area (TPSA) is 77.5 Å². The van der Waals surface area contributed by atoms with Gasteiger partial charge in [-0.15, -0.1) is 0 Å². The zero-order valence-electron chi connectivity index (χ0n) is 14.9. The summed E-state index contributed by atoms with van der Waals surface area (Å²) in [6, 6.07) is 16.2. The summed E-state index contributed by atoms with van der Waals surface area (Å²) in [7, 11) is -7.59. The highest BCUT2D eigenvalue weighted by atomic mass is 32.2. The van der Waals surface area contributed by atoms with Gasteiger partial charge >= 0.3 is 0 Å². The Bertz CT molecular complexity index is 1200. The number of hydrogen-bond acceptors (Lipinski definition) is 5. The molecular weight excluding hydrogens is 396 g/mol. The van der Waals surface area contributed by atoms with Gasteiger partial charge in [-0.05, 0) is 41.8 Å². The molecule has 1 aliphatic heterocycles. The summed E-state index contributed by atoms with van der Waals surface area (Å²) in [5, 5.41) is 0. The molecule has 2 aliphatic rings. The summed E-state index contributed by atoms with van der Waals surface area (Å²) in [5.41, 5.74) is 0.923. The maximum absolute atomic E-state index is 13.2. The van der Waals surface area contributed by atoms with Crippen molar-refractivity contribution >= 4 is 19.7 Å². The van der Waals surface area contributed by atoms with Crippen LogP contribution in [-0.4, -0.2) is 30.0 Å². The molecule has 0 radical (unpaired) electrons. The molecule has 0 N–H and O–H groups in total. The van der Waals surface area contributed by atoms with E-state index >= 15 is 0 Å². The van der Waals surface area contributed by atoms with Crippen molar-refractivity contribution in [2.45, 2.75) is 16.2 Å². The van der Waals surface area contributed by atoms with E-state index in [4.69, 9.17) is 4.74 Å². The summed E-state index contributed by atoms with van der Waals surface area (Å²) in [6.07, 6.45) is 3.82. The van der Waals surface area contributed by atoms with Crippen LogP contribution in [0.4, 0.5) is 0 Å². The van der Waals surface area contributed by atoms with Crippen LogP contribution in [0.1, 0.15) is 6.42 Å². The van der Waals surface area contributed by atoms with Crippen LogP contribution in [0.25, 0.3) is 0 Å². The van der Waals surface area contributed by atoms with Crippen LogP contribution >= 0.6 is 0 Å². The quantitative estimate of drug-likeness (QED) is 0.766. The predicted molar refractivity (Wildman–Crippen MR) is 106 cm³/mol. The van der Waals surface area contributed by atoms with E-state index < -0.39 is 19.7 Å². The number of benzene rings is 2. The molecule has 0 spiro atoms. The Hall–Kier alpha value is -2.48. The van der Waals surface area contributed by atoms with E-state index in [2.05, 4.69) is 0 Å². The molecule has 0 saturated carbocycles. The summed E-state index contributed by atoms with van der Waals surface area (Å²) in [5.74, 6) is 0. The minimum absolute atomic E-state index is 0.0979. The largest absolute Gasteiger partial charge is 0.371 e. The molecule has 0 fully saturated rings. The minimum atomic E-state index is -3.80. The van der Waals surface area contributed by atoms with Crippen molar-refractivity contribution in [3.8, 4) is 0 Å². The standard InChI is InChI=1S/C21H18O5S2/c22-27(23,16-8-3-1-4-9-16)20-14-26-15-21(19-13-7-12-18(19)20)28(24,25)17-10-5-2-6-11-17/h1-12H,13-15H2. The van der Waals surface area contributed by atoms with Crippen LogP contribution < -0.4 is 0 Å². The lowest BCUT2D eigenvalue weighted by Crippen LogP contribution is -2.13. The summed E-state index contributed by atoms with van der Waals surface area (Å²) in [6.45, 7) is -0.334. The smallest absolute Gasteiger partial charge is 0.205 e. The SMILES string of the molecule is O=S(=O)(C1=C2C=CCC2=C(S(=O)(=O)c2ccccc2)COC1)c1ccccc1. The van der Waals surface area contributed by atoms with Gasteiger partial charge in [-0.2, -0.15) is 0 Å². The first-order valence-electron chi connectivity index (χ1n) is 8.72. The second kappa shape index (κ2) is 7.16. The maximum Gasteiger partial charge on any atom is 0.205 e. The average molecular weight is 415 g/mol. The van der Waals surface area contributed by atoms with E-state index in [9.17, 15) is 16.8 Å². The van der Waals surface area contributed by atoms with Gasteiger partial charge in [0, 0.05) is 0 Å². The van der Waals surface area contributed by atoms with Crippen LogP contribution in [0.15, 0.2) is 104 Å². The molecule has 4 rings (SSSR count). The molecule has 1 heterocycles. The highest BCUT2D eigenvalue weighted by Crippen LogP contribution is 2.38. The third-order valence-corrected chi connectivity index (χ3v) is 8.58. The number of hydrogen-bond donors (Lipinski definition) is 0. The van der Waals surface area contributed by atoms with E-state index in [1.807, 2.05) is 0 Å². The second-order valence-corrected chi connectivity index (χ2v) is 10.4. The molecule has 5 nitrogen and oxygen atoms in total. The Balaban J connectivity index is 1.91. The highest BCUT2D eigenvalue weighted by Gasteiger charge is 2.34. The van der Waals surface area contributed by atoms with E-state index in [1.54, 1.807) is 48.6 Å². The molecule has 2 aromatic carbocycles. The van der Waals surface area contributed by atoms with Gasteiger partial charge in [-0.25, -0.2) is 16.8 Å². The number of sulfone groups is 2. The zero-order valence-corrected chi connectivity index (χ0v) is 16.5. The van der Waals surface area contributed by atoms with Gasteiger partial charge < -0.3 is 4.74 Å². The predicted octanol–water partition coefficient (Wildman–Crippen LogP) is 3.43. The normalized spacial score (nSPS) is 17.6. The van der Waals surface area contributed by atoms with Gasteiger partial charge in [-0.1, -0.05) is 48.6 Å². The Kier molecular flexibility index (Phi) is 4.82. The highest BCUT2D eigenvalue weighted by molar-refractivity contribution is 7.95. The summed E-state index contributed by atoms with van der Waals surface area (Å²) < 4.78 is 58.2. The van der Waals surface area contributed by atoms with Gasteiger partial charge in [0.05, 0.1) is 32.8 Å². The number of allylic oxidation sites excluding steroid dienone is 4. The van der Waals surface area contributed by atoms with Crippen molar-refractivity contribution < 1.29 is 21.6 Å². The van der Waals surface area contributed by atoms with Crippen molar-refractivity contribution in [1.82, 2.24) is 0 Å². The molecule has 2 aromatic rings. The number of rotatable bonds is 4. The van der Waals surface area contributed by atoms with Gasteiger partial charge in [-0.3, -0.25) is 0 Å². The van der Waals surface area contributed by atoms with Gasteiger partial charge in [0.15, 0.2) is 0 Å². The second-order valence-electron chi connectivity index (χ2n) is 6.47.